The average molecular weight is 559 g/mol. The Morgan fingerprint density at radius 1 is 1.08 bits per heavy atom. The van der Waals surface area contributed by atoms with Crippen molar-refractivity contribution in [2.75, 3.05) is 19.8 Å². The second-order valence-electron chi connectivity index (χ2n) is 9.58. The maximum absolute atomic E-state index is 13.7. The zero-order valence-electron chi connectivity index (χ0n) is 20.4. The molecule has 1 saturated heterocycles. The Bertz CT molecular complexity index is 895. The second-order valence-corrected chi connectivity index (χ2v) is 12.1. The number of carbonyl (C=O) groups excluding carboxylic acids is 2. The minimum atomic E-state index is -1.72. The van der Waals surface area contributed by atoms with Crippen molar-refractivity contribution in [2.24, 2.45) is 5.92 Å². The summed E-state index contributed by atoms with van der Waals surface area (Å²) >= 11 is 17.1. The molecule has 198 valence electrons. The molecule has 2 fully saturated rings. The Kier molecular flexibility index (Phi) is 11.3. The van der Waals surface area contributed by atoms with Crippen molar-refractivity contribution in [3.8, 4) is 11.8 Å². The lowest BCUT2D eigenvalue weighted by atomic mass is 9.84. The lowest BCUT2D eigenvalue weighted by molar-refractivity contribution is -0.138. The van der Waals surface area contributed by atoms with Gasteiger partial charge >= 0.3 is 6.09 Å². The number of nitriles is 1. The van der Waals surface area contributed by atoms with Crippen LogP contribution in [0.5, 0.6) is 5.75 Å². The molecular formula is C26H34Cl3N3O4. The predicted molar refractivity (Wildman–Crippen MR) is 140 cm³/mol. The second kappa shape index (κ2) is 14.2. The summed E-state index contributed by atoms with van der Waals surface area (Å²) in [5.41, 5.74) is 0.579. The third kappa shape index (κ3) is 9.53. The van der Waals surface area contributed by atoms with Crippen molar-refractivity contribution in [3.63, 3.8) is 0 Å². The van der Waals surface area contributed by atoms with Gasteiger partial charge in [-0.15, -0.1) is 0 Å². The summed E-state index contributed by atoms with van der Waals surface area (Å²) in [7, 11) is 0. The number of nitrogens with one attached hydrogen (secondary N) is 1. The van der Waals surface area contributed by atoms with E-state index in [1.165, 1.54) is 6.42 Å². The number of piperidine rings is 1. The van der Waals surface area contributed by atoms with E-state index in [0.29, 0.717) is 43.2 Å². The summed E-state index contributed by atoms with van der Waals surface area (Å²) in [6.07, 6.45) is 8.94. The number of halogens is 3. The smallest absolute Gasteiger partial charge is 0.407 e. The van der Waals surface area contributed by atoms with Gasteiger partial charge in [0.05, 0.1) is 18.2 Å². The molecule has 0 spiro atoms. The van der Waals surface area contributed by atoms with Crippen LogP contribution >= 0.6 is 34.8 Å². The normalized spacial score (nSPS) is 19.7. The van der Waals surface area contributed by atoms with Crippen LogP contribution in [0.4, 0.5) is 4.79 Å². The van der Waals surface area contributed by atoms with Gasteiger partial charge in [0.2, 0.25) is 9.70 Å². The van der Waals surface area contributed by atoms with Crippen molar-refractivity contribution in [1.82, 2.24) is 10.2 Å². The minimum absolute atomic E-state index is 0.0254. The fraction of sp³-hybridized carbons (Fsp3) is 0.654. The van der Waals surface area contributed by atoms with Crippen molar-refractivity contribution in [1.29, 1.82) is 5.26 Å². The number of likely N-dealkylation sites (tertiary alicyclic amines) is 1. The van der Waals surface area contributed by atoms with Crippen LogP contribution in [0.15, 0.2) is 24.3 Å². The molecule has 3 rings (SSSR count). The van der Waals surface area contributed by atoms with Gasteiger partial charge in [-0.1, -0.05) is 66.9 Å². The molecule has 10 heteroatoms. The van der Waals surface area contributed by atoms with E-state index in [-0.39, 0.29) is 11.9 Å². The molecule has 0 unspecified atom stereocenters. The summed E-state index contributed by atoms with van der Waals surface area (Å²) in [6, 6.07) is 8.41. The molecular weight excluding hydrogens is 525 g/mol. The van der Waals surface area contributed by atoms with Crippen molar-refractivity contribution < 1.29 is 19.1 Å². The van der Waals surface area contributed by atoms with Crippen molar-refractivity contribution in [3.05, 3.63) is 29.8 Å². The quantitative estimate of drug-likeness (QED) is 0.367. The Morgan fingerprint density at radius 2 is 1.78 bits per heavy atom. The third-order valence-corrected chi connectivity index (χ3v) is 7.19. The summed E-state index contributed by atoms with van der Waals surface area (Å²) in [6.45, 7) is 0.700. The molecule has 0 aromatic heterocycles. The van der Waals surface area contributed by atoms with Crippen LogP contribution in [0.1, 0.15) is 69.8 Å². The Hall–Kier alpha value is -1.88. The highest BCUT2D eigenvalue weighted by Crippen LogP contribution is 2.30. The molecule has 1 aromatic carbocycles. The monoisotopic (exact) mass is 557 g/mol. The number of hydrogen-bond acceptors (Lipinski definition) is 5. The van der Waals surface area contributed by atoms with Crippen LogP contribution in [0.3, 0.4) is 0 Å². The van der Waals surface area contributed by atoms with Gasteiger partial charge < -0.3 is 19.7 Å². The standard InChI is InChI=1S/C26H34Cl3N3O4/c27-26(28,29)18-36-25(34)31-23(16-19-6-2-1-3-7-19)24(33)32-14-5-4-8-21(32)13-15-35-22-11-9-20(17-30)10-12-22/h9-12,19,21,23H,1-8,13-16,18H2,(H,31,34)/t21-,23-/m1/s1. The van der Waals surface area contributed by atoms with Crippen molar-refractivity contribution >= 4 is 46.8 Å². The molecule has 7 nitrogen and oxygen atoms in total. The zero-order valence-corrected chi connectivity index (χ0v) is 22.7. The number of alkyl carbamates (subject to hydrolysis) is 1. The lowest BCUT2D eigenvalue weighted by Crippen LogP contribution is -2.54. The van der Waals surface area contributed by atoms with E-state index < -0.39 is 22.5 Å². The van der Waals surface area contributed by atoms with E-state index in [1.807, 2.05) is 4.90 Å². The number of amides is 2. The number of rotatable bonds is 9. The molecule has 2 aliphatic rings. The lowest BCUT2D eigenvalue weighted by Gasteiger charge is -2.39. The number of alkyl halides is 3. The Balaban J connectivity index is 1.62. The van der Waals surface area contributed by atoms with E-state index in [9.17, 15) is 9.59 Å². The molecule has 36 heavy (non-hydrogen) atoms. The SMILES string of the molecule is N#Cc1ccc(OCC[C@H]2CCCCN2C(=O)[C@@H](CC2CCCCC2)NC(=O)OCC(Cl)(Cl)Cl)cc1. The fourth-order valence-electron chi connectivity index (χ4n) is 5.04. The van der Waals surface area contributed by atoms with Crippen LogP contribution in [-0.2, 0) is 9.53 Å². The van der Waals surface area contributed by atoms with Gasteiger partial charge in [-0.2, -0.15) is 5.26 Å². The molecule has 0 radical (unpaired) electrons. The molecule has 1 aromatic rings. The molecule has 1 aliphatic heterocycles. The van der Waals surface area contributed by atoms with Crippen LogP contribution in [0.25, 0.3) is 0 Å². The molecule has 1 saturated carbocycles. The van der Waals surface area contributed by atoms with E-state index in [1.54, 1.807) is 24.3 Å². The van der Waals surface area contributed by atoms with Gasteiger partial charge in [0.25, 0.3) is 0 Å². The first-order chi connectivity index (χ1) is 17.2. The topological polar surface area (TPSA) is 91.7 Å². The van der Waals surface area contributed by atoms with Gasteiger partial charge in [0.15, 0.2) is 0 Å². The summed E-state index contributed by atoms with van der Waals surface area (Å²) in [5.74, 6) is 0.981. The van der Waals surface area contributed by atoms with E-state index >= 15 is 0 Å². The first-order valence-electron chi connectivity index (χ1n) is 12.7. The highest BCUT2D eigenvalue weighted by Gasteiger charge is 2.35. The maximum atomic E-state index is 13.7. The summed E-state index contributed by atoms with van der Waals surface area (Å²) < 4.78 is 9.22. The van der Waals surface area contributed by atoms with E-state index in [2.05, 4.69) is 11.4 Å². The highest BCUT2D eigenvalue weighted by atomic mass is 35.6. The van der Waals surface area contributed by atoms with E-state index in [0.717, 1.165) is 44.9 Å². The van der Waals surface area contributed by atoms with Gasteiger partial charge in [-0.05, 0) is 55.9 Å². The largest absolute Gasteiger partial charge is 0.494 e. The summed E-state index contributed by atoms with van der Waals surface area (Å²) in [5, 5.41) is 11.7. The summed E-state index contributed by atoms with van der Waals surface area (Å²) in [4.78, 5) is 28.1. The number of hydrogen-bond donors (Lipinski definition) is 1. The molecule has 1 N–H and O–H groups in total. The van der Waals surface area contributed by atoms with Gasteiger partial charge in [0, 0.05) is 19.0 Å². The zero-order chi connectivity index (χ0) is 26.0. The number of benzene rings is 1. The Labute approximate surface area is 228 Å². The predicted octanol–water partition coefficient (Wildman–Crippen LogP) is 6.14. The highest BCUT2D eigenvalue weighted by molar-refractivity contribution is 6.67. The fourth-order valence-corrected chi connectivity index (χ4v) is 5.20. The first kappa shape index (κ1) is 28.7. The minimum Gasteiger partial charge on any atom is -0.494 e. The third-order valence-electron chi connectivity index (χ3n) is 6.86. The Morgan fingerprint density at radius 3 is 2.44 bits per heavy atom. The van der Waals surface area contributed by atoms with Gasteiger partial charge in [-0.25, -0.2) is 4.79 Å². The molecule has 1 aliphatic carbocycles. The van der Waals surface area contributed by atoms with Crippen LogP contribution in [0.2, 0.25) is 0 Å². The van der Waals surface area contributed by atoms with E-state index in [4.69, 9.17) is 49.5 Å². The van der Waals surface area contributed by atoms with Crippen LogP contribution in [0, 0.1) is 17.2 Å². The molecule has 2 amide bonds. The molecule has 1 heterocycles. The van der Waals surface area contributed by atoms with Crippen LogP contribution < -0.4 is 10.1 Å². The van der Waals surface area contributed by atoms with Crippen LogP contribution in [-0.4, -0.2) is 52.5 Å². The van der Waals surface area contributed by atoms with Gasteiger partial charge in [0.1, 0.15) is 18.4 Å². The van der Waals surface area contributed by atoms with Crippen molar-refractivity contribution in [2.45, 2.75) is 80.1 Å². The molecule has 0 bridgehead atoms. The average Bonchev–Trinajstić information content (AvgIpc) is 2.87. The van der Waals surface area contributed by atoms with Gasteiger partial charge in [-0.3, -0.25) is 4.79 Å². The number of carbonyl (C=O) groups is 2. The molecule has 2 atom stereocenters. The number of nitrogens with zero attached hydrogens (tertiary/aromatic N) is 2. The first-order valence-corrected chi connectivity index (χ1v) is 13.8. The maximum Gasteiger partial charge on any atom is 0.407 e. The number of ether oxygens (including phenoxy) is 2.